The van der Waals surface area contributed by atoms with Gasteiger partial charge in [0.15, 0.2) is 0 Å². The SMILES string of the molecule is c1ccc(N(c2ccc(-c3cccc4ccccc34)cc2)c2ccc3c(ccc4ccc5ccccc5c43)c2)cc1. The Morgan fingerprint density at radius 2 is 0.878 bits per heavy atom. The van der Waals surface area contributed by atoms with Crippen molar-refractivity contribution in [1.29, 1.82) is 0 Å². The Balaban J connectivity index is 1.27. The second-order valence-electron chi connectivity index (χ2n) is 10.6. The summed E-state index contributed by atoms with van der Waals surface area (Å²) in [4.78, 5) is 2.35. The van der Waals surface area contributed by atoms with Gasteiger partial charge >= 0.3 is 0 Å². The predicted octanol–water partition coefficient (Wildman–Crippen LogP) is 11.4. The lowest BCUT2D eigenvalue weighted by atomic mass is 9.96. The lowest BCUT2D eigenvalue weighted by Crippen LogP contribution is -2.09. The van der Waals surface area contributed by atoms with Gasteiger partial charge in [0.2, 0.25) is 0 Å². The quantitative estimate of drug-likeness (QED) is 0.208. The van der Waals surface area contributed by atoms with Gasteiger partial charge in [0.1, 0.15) is 0 Å². The first-order valence-corrected chi connectivity index (χ1v) is 14.1. The van der Waals surface area contributed by atoms with Crippen molar-refractivity contribution < 1.29 is 0 Å². The van der Waals surface area contributed by atoms with E-state index in [2.05, 4.69) is 169 Å². The normalized spacial score (nSPS) is 11.4. The van der Waals surface area contributed by atoms with E-state index in [1.165, 1.54) is 54.2 Å². The zero-order valence-corrected chi connectivity index (χ0v) is 22.5. The molecule has 0 aromatic heterocycles. The molecular formula is C40H27N. The van der Waals surface area contributed by atoms with Crippen LogP contribution in [0.4, 0.5) is 17.1 Å². The van der Waals surface area contributed by atoms with Gasteiger partial charge in [-0.25, -0.2) is 0 Å². The summed E-state index contributed by atoms with van der Waals surface area (Å²) < 4.78 is 0. The summed E-state index contributed by atoms with van der Waals surface area (Å²) in [6.07, 6.45) is 0. The average Bonchev–Trinajstić information content (AvgIpc) is 3.05. The van der Waals surface area contributed by atoms with Gasteiger partial charge in [0, 0.05) is 17.1 Å². The molecule has 0 amide bonds. The highest BCUT2D eigenvalue weighted by Gasteiger charge is 2.15. The molecule has 0 unspecified atom stereocenters. The third kappa shape index (κ3) is 4.02. The number of fused-ring (bicyclic) bond motifs is 6. The molecule has 0 saturated heterocycles. The van der Waals surface area contributed by atoms with Crippen molar-refractivity contribution in [3.8, 4) is 11.1 Å². The van der Waals surface area contributed by atoms with E-state index in [-0.39, 0.29) is 0 Å². The minimum Gasteiger partial charge on any atom is -0.310 e. The van der Waals surface area contributed by atoms with Crippen LogP contribution in [0, 0.1) is 0 Å². The second kappa shape index (κ2) is 9.66. The maximum absolute atomic E-state index is 2.35. The Labute approximate surface area is 239 Å². The zero-order valence-electron chi connectivity index (χ0n) is 22.5. The minimum atomic E-state index is 1.13. The van der Waals surface area contributed by atoms with Gasteiger partial charge in [-0.15, -0.1) is 0 Å². The Bertz CT molecular complexity index is 2190. The highest BCUT2D eigenvalue weighted by Crippen LogP contribution is 2.39. The summed E-state index contributed by atoms with van der Waals surface area (Å²) in [5, 5.41) is 10.2. The van der Waals surface area contributed by atoms with E-state index in [0.29, 0.717) is 0 Å². The van der Waals surface area contributed by atoms with Crippen molar-refractivity contribution in [1.82, 2.24) is 0 Å². The van der Waals surface area contributed by atoms with E-state index in [4.69, 9.17) is 0 Å². The van der Waals surface area contributed by atoms with Gasteiger partial charge in [-0.2, -0.15) is 0 Å². The van der Waals surface area contributed by atoms with Crippen molar-refractivity contribution in [2.45, 2.75) is 0 Å². The van der Waals surface area contributed by atoms with Crippen LogP contribution in [0.25, 0.3) is 54.2 Å². The molecule has 0 bridgehead atoms. The number of rotatable bonds is 4. The van der Waals surface area contributed by atoms with Crippen LogP contribution in [0.15, 0.2) is 164 Å². The summed E-state index contributed by atoms with van der Waals surface area (Å²) in [6, 6.07) is 59.2. The Hall–Kier alpha value is -5.40. The first kappa shape index (κ1) is 23.5. The fourth-order valence-electron chi connectivity index (χ4n) is 6.25. The molecule has 0 saturated carbocycles. The number of anilines is 3. The number of hydrogen-bond acceptors (Lipinski definition) is 1. The zero-order chi connectivity index (χ0) is 27.2. The first-order valence-electron chi connectivity index (χ1n) is 14.1. The van der Waals surface area contributed by atoms with E-state index >= 15 is 0 Å². The second-order valence-corrected chi connectivity index (χ2v) is 10.6. The van der Waals surface area contributed by atoms with Crippen LogP contribution >= 0.6 is 0 Å². The Morgan fingerprint density at radius 1 is 0.317 bits per heavy atom. The van der Waals surface area contributed by atoms with E-state index in [0.717, 1.165) is 17.1 Å². The van der Waals surface area contributed by atoms with E-state index in [9.17, 15) is 0 Å². The highest BCUT2D eigenvalue weighted by molar-refractivity contribution is 6.20. The molecule has 0 heterocycles. The summed E-state index contributed by atoms with van der Waals surface area (Å²) in [7, 11) is 0. The lowest BCUT2D eigenvalue weighted by molar-refractivity contribution is 1.29. The standard InChI is InChI=1S/C40H27N/c1-2-12-33(13-3-1)41(34-23-21-30(22-24-34)37-16-8-11-28-9-4-6-14-36(28)37)35-25-26-39-32(27-35)20-19-31-18-17-29-10-5-7-15-38(29)40(31)39/h1-27H. The van der Waals surface area contributed by atoms with Gasteiger partial charge in [0.05, 0.1) is 0 Å². The molecule has 8 aromatic rings. The van der Waals surface area contributed by atoms with Crippen molar-refractivity contribution in [3.63, 3.8) is 0 Å². The van der Waals surface area contributed by atoms with Crippen LogP contribution in [0.3, 0.4) is 0 Å². The summed E-state index contributed by atoms with van der Waals surface area (Å²) >= 11 is 0. The predicted molar refractivity (Wildman–Crippen MR) is 177 cm³/mol. The summed E-state index contributed by atoms with van der Waals surface area (Å²) in [6.45, 7) is 0. The van der Waals surface area contributed by atoms with Gasteiger partial charge < -0.3 is 4.90 Å². The van der Waals surface area contributed by atoms with E-state index < -0.39 is 0 Å². The molecule has 192 valence electrons. The van der Waals surface area contributed by atoms with Crippen LogP contribution in [0.2, 0.25) is 0 Å². The molecule has 0 atom stereocenters. The maximum atomic E-state index is 2.35. The summed E-state index contributed by atoms with van der Waals surface area (Å²) in [5.74, 6) is 0. The van der Waals surface area contributed by atoms with Crippen LogP contribution in [0.5, 0.6) is 0 Å². The third-order valence-electron chi connectivity index (χ3n) is 8.21. The van der Waals surface area contributed by atoms with Gasteiger partial charge in [0.25, 0.3) is 0 Å². The molecule has 0 N–H and O–H groups in total. The fourth-order valence-corrected chi connectivity index (χ4v) is 6.25. The minimum absolute atomic E-state index is 1.13. The molecule has 0 radical (unpaired) electrons. The van der Waals surface area contributed by atoms with Crippen molar-refractivity contribution in [3.05, 3.63) is 164 Å². The van der Waals surface area contributed by atoms with Crippen LogP contribution in [-0.2, 0) is 0 Å². The largest absolute Gasteiger partial charge is 0.310 e. The van der Waals surface area contributed by atoms with Crippen LogP contribution in [-0.4, -0.2) is 0 Å². The Morgan fingerprint density at radius 3 is 1.68 bits per heavy atom. The summed E-state index contributed by atoms with van der Waals surface area (Å²) in [5.41, 5.74) is 5.88. The van der Waals surface area contributed by atoms with Gasteiger partial charge in [-0.3, -0.25) is 0 Å². The number of benzene rings is 8. The van der Waals surface area contributed by atoms with Gasteiger partial charge in [-0.1, -0.05) is 127 Å². The number of nitrogens with zero attached hydrogens (tertiary/aromatic N) is 1. The molecule has 8 aromatic carbocycles. The van der Waals surface area contributed by atoms with Crippen molar-refractivity contribution in [2.24, 2.45) is 0 Å². The van der Waals surface area contributed by atoms with E-state index in [1.807, 2.05) is 0 Å². The number of para-hydroxylation sites is 1. The molecule has 0 aliphatic carbocycles. The molecule has 1 nitrogen and oxygen atoms in total. The molecule has 1 heteroatoms. The Kier molecular flexibility index (Phi) is 5.53. The highest BCUT2D eigenvalue weighted by atomic mass is 15.1. The molecule has 0 spiro atoms. The smallest absolute Gasteiger partial charge is 0.0468 e. The number of hydrogen-bond donors (Lipinski definition) is 0. The first-order chi connectivity index (χ1) is 20.3. The molecule has 41 heavy (non-hydrogen) atoms. The molecule has 0 aliphatic heterocycles. The topological polar surface area (TPSA) is 3.24 Å². The van der Waals surface area contributed by atoms with Crippen LogP contribution in [0.1, 0.15) is 0 Å². The average molecular weight is 522 g/mol. The lowest BCUT2D eigenvalue weighted by Gasteiger charge is -2.26. The molecule has 0 fully saturated rings. The maximum Gasteiger partial charge on any atom is 0.0468 e. The van der Waals surface area contributed by atoms with E-state index in [1.54, 1.807) is 0 Å². The monoisotopic (exact) mass is 521 g/mol. The molecular weight excluding hydrogens is 494 g/mol. The fraction of sp³-hybridized carbons (Fsp3) is 0. The van der Waals surface area contributed by atoms with Crippen molar-refractivity contribution in [2.75, 3.05) is 4.90 Å². The molecule has 0 aliphatic rings. The van der Waals surface area contributed by atoms with Gasteiger partial charge in [-0.05, 0) is 90.6 Å². The third-order valence-corrected chi connectivity index (χ3v) is 8.21. The molecule has 8 rings (SSSR count). The van der Waals surface area contributed by atoms with Crippen LogP contribution < -0.4 is 4.90 Å². The van der Waals surface area contributed by atoms with Crippen molar-refractivity contribution >= 4 is 60.2 Å².